The normalized spacial score (nSPS) is 11.9. The van der Waals surface area contributed by atoms with Gasteiger partial charge >= 0.3 is 5.97 Å². The third-order valence-corrected chi connectivity index (χ3v) is 1.65. The van der Waals surface area contributed by atoms with Crippen molar-refractivity contribution < 1.29 is 14.3 Å². The van der Waals surface area contributed by atoms with E-state index >= 15 is 0 Å². The van der Waals surface area contributed by atoms with Gasteiger partial charge in [0.05, 0.1) is 7.11 Å². The Morgan fingerprint density at radius 2 is 2.36 bits per heavy atom. The van der Waals surface area contributed by atoms with Gasteiger partial charge in [-0.15, -0.1) is 0 Å². The standard InChI is InChI=1S/C8H11N3O3/c1-5(8(13)14-2)10-7(12)6-3-4-9-11-6/h3-5H,1-2H3,(H,9,11)(H,10,12). The molecule has 0 aliphatic rings. The Labute approximate surface area is 80.6 Å². The van der Waals surface area contributed by atoms with E-state index in [0.29, 0.717) is 5.69 Å². The Kier molecular flexibility index (Phi) is 3.22. The predicted octanol–water partition coefficient (Wildman–Crippen LogP) is -0.299. The molecular weight excluding hydrogens is 186 g/mol. The van der Waals surface area contributed by atoms with Crippen LogP contribution in [0.15, 0.2) is 12.3 Å². The van der Waals surface area contributed by atoms with Crippen molar-refractivity contribution in [3.05, 3.63) is 18.0 Å². The summed E-state index contributed by atoms with van der Waals surface area (Å²) in [5, 5.41) is 8.55. The Morgan fingerprint density at radius 1 is 1.64 bits per heavy atom. The van der Waals surface area contributed by atoms with Crippen LogP contribution in [0.1, 0.15) is 17.4 Å². The lowest BCUT2D eigenvalue weighted by atomic mass is 10.3. The highest BCUT2D eigenvalue weighted by Gasteiger charge is 2.17. The average molecular weight is 197 g/mol. The summed E-state index contributed by atoms with van der Waals surface area (Å²) < 4.78 is 4.45. The smallest absolute Gasteiger partial charge is 0.328 e. The summed E-state index contributed by atoms with van der Waals surface area (Å²) in [5.41, 5.74) is 0.306. The maximum atomic E-state index is 11.3. The molecule has 1 aromatic heterocycles. The van der Waals surface area contributed by atoms with Gasteiger partial charge in [0, 0.05) is 6.20 Å². The third-order valence-electron chi connectivity index (χ3n) is 1.65. The Morgan fingerprint density at radius 3 is 2.86 bits per heavy atom. The monoisotopic (exact) mass is 197 g/mol. The highest BCUT2D eigenvalue weighted by atomic mass is 16.5. The zero-order valence-electron chi connectivity index (χ0n) is 7.90. The van der Waals surface area contributed by atoms with Crippen LogP contribution in [0.4, 0.5) is 0 Å². The van der Waals surface area contributed by atoms with E-state index in [9.17, 15) is 9.59 Å². The lowest BCUT2D eigenvalue weighted by Crippen LogP contribution is -2.39. The van der Waals surface area contributed by atoms with Crippen molar-refractivity contribution >= 4 is 11.9 Å². The van der Waals surface area contributed by atoms with E-state index in [0.717, 1.165) is 0 Å². The molecule has 0 fully saturated rings. The molecule has 6 heteroatoms. The van der Waals surface area contributed by atoms with Gasteiger partial charge in [0.25, 0.3) is 5.91 Å². The molecule has 1 aromatic rings. The highest BCUT2D eigenvalue weighted by molar-refractivity contribution is 5.94. The number of rotatable bonds is 3. The van der Waals surface area contributed by atoms with Gasteiger partial charge in [-0.2, -0.15) is 5.10 Å². The van der Waals surface area contributed by atoms with Gasteiger partial charge in [-0.25, -0.2) is 4.79 Å². The van der Waals surface area contributed by atoms with E-state index in [2.05, 4.69) is 20.3 Å². The summed E-state index contributed by atoms with van der Waals surface area (Å²) in [6.45, 7) is 1.54. The molecule has 0 radical (unpaired) electrons. The van der Waals surface area contributed by atoms with Gasteiger partial charge in [-0.05, 0) is 13.0 Å². The van der Waals surface area contributed by atoms with Crippen LogP contribution in [0.3, 0.4) is 0 Å². The maximum absolute atomic E-state index is 11.3. The topological polar surface area (TPSA) is 84.1 Å². The fourth-order valence-corrected chi connectivity index (χ4v) is 0.892. The van der Waals surface area contributed by atoms with Crippen LogP contribution in [0, 0.1) is 0 Å². The molecular formula is C8H11N3O3. The van der Waals surface area contributed by atoms with E-state index in [4.69, 9.17) is 0 Å². The van der Waals surface area contributed by atoms with Crippen LogP contribution < -0.4 is 5.32 Å². The SMILES string of the molecule is COC(=O)C(C)NC(=O)c1ccn[nH]1. The molecule has 0 saturated heterocycles. The number of ether oxygens (including phenoxy) is 1. The molecule has 14 heavy (non-hydrogen) atoms. The lowest BCUT2D eigenvalue weighted by molar-refractivity contribution is -0.142. The molecule has 1 unspecified atom stereocenters. The second-order valence-electron chi connectivity index (χ2n) is 2.69. The summed E-state index contributed by atoms with van der Waals surface area (Å²) in [4.78, 5) is 22.3. The minimum atomic E-state index is -0.671. The quantitative estimate of drug-likeness (QED) is 0.651. The van der Waals surface area contributed by atoms with E-state index < -0.39 is 12.0 Å². The van der Waals surface area contributed by atoms with Crippen LogP contribution in [-0.4, -0.2) is 35.2 Å². The summed E-state index contributed by atoms with van der Waals surface area (Å²) in [6.07, 6.45) is 1.46. The van der Waals surface area contributed by atoms with Crippen molar-refractivity contribution in [3.63, 3.8) is 0 Å². The largest absolute Gasteiger partial charge is 0.467 e. The maximum Gasteiger partial charge on any atom is 0.328 e. The van der Waals surface area contributed by atoms with Gasteiger partial charge in [0.2, 0.25) is 0 Å². The van der Waals surface area contributed by atoms with E-state index in [-0.39, 0.29) is 5.91 Å². The average Bonchev–Trinajstić information content (AvgIpc) is 2.69. The molecule has 0 saturated carbocycles. The van der Waals surface area contributed by atoms with E-state index in [1.165, 1.54) is 19.4 Å². The number of amides is 1. The predicted molar refractivity (Wildman–Crippen MR) is 47.5 cm³/mol. The zero-order chi connectivity index (χ0) is 10.6. The number of carbonyl (C=O) groups excluding carboxylic acids is 2. The number of H-pyrrole nitrogens is 1. The number of nitrogens with zero attached hydrogens (tertiary/aromatic N) is 1. The fourth-order valence-electron chi connectivity index (χ4n) is 0.892. The number of hydrogen-bond acceptors (Lipinski definition) is 4. The molecule has 1 heterocycles. The molecule has 1 atom stereocenters. The minimum Gasteiger partial charge on any atom is -0.467 e. The van der Waals surface area contributed by atoms with Crippen molar-refractivity contribution in [1.82, 2.24) is 15.5 Å². The van der Waals surface area contributed by atoms with Gasteiger partial charge in [0.15, 0.2) is 0 Å². The Hall–Kier alpha value is -1.85. The number of hydrogen-bond donors (Lipinski definition) is 2. The van der Waals surface area contributed by atoms with E-state index in [1.54, 1.807) is 6.92 Å². The number of esters is 1. The molecule has 0 spiro atoms. The molecule has 76 valence electrons. The Balaban J connectivity index is 2.53. The minimum absolute atomic E-state index is 0.306. The first-order valence-corrected chi connectivity index (χ1v) is 4.03. The van der Waals surface area contributed by atoms with E-state index in [1.807, 2.05) is 0 Å². The third kappa shape index (κ3) is 2.32. The van der Waals surface area contributed by atoms with Crippen molar-refractivity contribution in [2.45, 2.75) is 13.0 Å². The van der Waals surface area contributed by atoms with Crippen molar-refractivity contribution in [1.29, 1.82) is 0 Å². The summed E-state index contributed by atoms with van der Waals surface area (Å²) in [7, 11) is 1.27. The fraction of sp³-hybridized carbons (Fsp3) is 0.375. The van der Waals surface area contributed by atoms with Crippen molar-refractivity contribution in [2.24, 2.45) is 0 Å². The van der Waals surface area contributed by atoms with Crippen LogP contribution in [0.2, 0.25) is 0 Å². The number of aromatic nitrogens is 2. The molecule has 6 nitrogen and oxygen atoms in total. The van der Waals surface area contributed by atoms with Crippen LogP contribution in [0.5, 0.6) is 0 Å². The number of aromatic amines is 1. The summed E-state index contributed by atoms with van der Waals surface area (Å²) in [5.74, 6) is -0.877. The van der Waals surface area contributed by atoms with Crippen LogP contribution >= 0.6 is 0 Å². The zero-order valence-corrected chi connectivity index (χ0v) is 7.90. The van der Waals surface area contributed by atoms with Crippen LogP contribution in [-0.2, 0) is 9.53 Å². The molecule has 1 amide bonds. The summed E-state index contributed by atoms with van der Waals surface area (Å²) >= 11 is 0. The first-order valence-electron chi connectivity index (χ1n) is 4.03. The molecule has 1 rings (SSSR count). The number of carbonyl (C=O) groups is 2. The van der Waals surface area contributed by atoms with Gasteiger partial charge < -0.3 is 10.1 Å². The van der Waals surface area contributed by atoms with Gasteiger partial charge in [-0.3, -0.25) is 9.89 Å². The first-order chi connectivity index (χ1) is 6.65. The molecule has 0 aromatic carbocycles. The second kappa shape index (κ2) is 4.40. The summed E-state index contributed by atoms with van der Waals surface area (Å²) in [6, 6.07) is 0.843. The first kappa shape index (κ1) is 10.2. The molecule has 2 N–H and O–H groups in total. The second-order valence-corrected chi connectivity index (χ2v) is 2.69. The molecule has 0 bridgehead atoms. The number of nitrogens with one attached hydrogen (secondary N) is 2. The van der Waals surface area contributed by atoms with Gasteiger partial charge in [-0.1, -0.05) is 0 Å². The molecule has 0 aliphatic carbocycles. The lowest BCUT2D eigenvalue weighted by Gasteiger charge is -2.09. The van der Waals surface area contributed by atoms with Gasteiger partial charge in [0.1, 0.15) is 11.7 Å². The van der Waals surface area contributed by atoms with Crippen LogP contribution in [0.25, 0.3) is 0 Å². The van der Waals surface area contributed by atoms with Crippen molar-refractivity contribution in [2.75, 3.05) is 7.11 Å². The highest BCUT2D eigenvalue weighted by Crippen LogP contribution is 1.93. The molecule has 0 aliphatic heterocycles. The van der Waals surface area contributed by atoms with Crippen molar-refractivity contribution in [3.8, 4) is 0 Å². The number of methoxy groups -OCH3 is 1. The Bertz CT molecular complexity index is 321.